The molecule has 2 unspecified atom stereocenters. The number of nitrogens with zero attached hydrogens (tertiary/aromatic N) is 1. The van der Waals surface area contributed by atoms with E-state index in [0.29, 0.717) is 34.0 Å². The molecule has 2 aromatic carbocycles. The lowest BCUT2D eigenvalue weighted by atomic mass is 9.82. The number of benzene rings is 2. The molecular formula is C28H25ClFN3O3. The fourth-order valence-electron chi connectivity index (χ4n) is 4.82. The van der Waals surface area contributed by atoms with Crippen molar-refractivity contribution in [1.29, 1.82) is 0 Å². The number of ether oxygens (including phenoxy) is 2. The molecule has 0 fully saturated rings. The van der Waals surface area contributed by atoms with Gasteiger partial charge in [0.1, 0.15) is 11.9 Å². The van der Waals surface area contributed by atoms with E-state index in [0.717, 1.165) is 5.56 Å². The summed E-state index contributed by atoms with van der Waals surface area (Å²) < 4.78 is 27.8. The third-order valence-corrected chi connectivity index (χ3v) is 6.94. The van der Waals surface area contributed by atoms with Crippen molar-refractivity contribution in [3.63, 3.8) is 0 Å². The number of carbonyl (C=O) groups is 1. The van der Waals surface area contributed by atoms with E-state index in [2.05, 4.69) is 10.3 Å². The third-order valence-electron chi connectivity index (χ3n) is 6.63. The summed E-state index contributed by atoms with van der Waals surface area (Å²) in [4.78, 5) is 17.4. The molecule has 0 saturated heterocycles. The molecule has 0 bridgehead atoms. The second kappa shape index (κ2) is 9.85. The maximum atomic E-state index is 16.0. The minimum Gasteiger partial charge on any atom is -0.481 e. The van der Waals surface area contributed by atoms with Gasteiger partial charge in [0.2, 0.25) is 0 Å². The highest BCUT2D eigenvalue weighted by Gasteiger charge is 2.44. The molecule has 3 aromatic rings. The lowest BCUT2D eigenvalue weighted by molar-refractivity contribution is -0.112. The first-order chi connectivity index (χ1) is 17.5. The standard InChI is InChI=1S/C28H25ClFN3O3/c1-35-23-11-9-19(27(34)33-18-8-5-13-32-15-18)25(26(23)30)24-20-14-28(16-31,17-6-3-2-4-7-17)36-22(20)12-10-21(24)29/h2-13,15,23,26H,14,16,31H2,1H3,(H,33,34)/t23?,26?,28-/m1/s1. The zero-order valence-electron chi connectivity index (χ0n) is 19.6. The molecule has 184 valence electrons. The summed E-state index contributed by atoms with van der Waals surface area (Å²) in [5.41, 5.74) is 8.23. The molecule has 2 heterocycles. The summed E-state index contributed by atoms with van der Waals surface area (Å²) in [7, 11) is 1.43. The van der Waals surface area contributed by atoms with Crippen LogP contribution in [-0.4, -0.2) is 36.8 Å². The van der Waals surface area contributed by atoms with Gasteiger partial charge in [0.15, 0.2) is 11.8 Å². The number of fused-ring (bicyclic) bond motifs is 1. The number of methoxy groups -OCH3 is 1. The van der Waals surface area contributed by atoms with Gasteiger partial charge in [0.25, 0.3) is 5.91 Å². The van der Waals surface area contributed by atoms with Gasteiger partial charge >= 0.3 is 0 Å². The lowest BCUT2D eigenvalue weighted by Crippen LogP contribution is -2.39. The average molecular weight is 506 g/mol. The molecule has 5 rings (SSSR count). The van der Waals surface area contributed by atoms with Crippen molar-refractivity contribution in [2.75, 3.05) is 19.0 Å². The van der Waals surface area contributed by atoms with Crippen LogP contribution in [0.25, 0.3) is 5.57 Å². The Morgan fingerprint density at radius 2 is 2.06 bits per heavy atom. The van der Waals surface area contributed by atoms with Crippen LogP contribution < -0.4 is 15.8 Å². The average Bonchev–Trinajstić information content (AvgIpc) is 3.30. The highest BCUT2D eigenvalue weighted by molar-refractivity contribution is 6.33. The molecule has 0 radical (unpaired) electrons. The second-order valence-electron chi connectivity index (χ2n) is 8.73. The van der Waals surface area contributed by atoms with E-state index < -0.39 is 23.8 Å². The Labute approximate surface area is 213 Å². The first-order valence-electron chi connectivity index (χ1n) is 11.5. The fraction of sp³-hybridized carbons (Fsp3) is 0.214. The Morgan fingerprint density at radius 1 is 1.25 bits per heavy atom. The predicted octanol–water partition coefficient (Wildman–Crippen LogP) is 4.84. The van der Waals surface area contributed by atoms with Crippen molar-refractivity contribution < 1.29 is 18.7 Å². The maximum absolute atomic E-state index is 16.0. The number of alkyl halides is 1. The quantitative estimate of drug-likeness (QED) is 0.500. The number of anilines is 1. The number of nitrogens with one attached hydrogen (secondary N) is 1. The van der Waals surface area contributed by atoms with Crippen molar-refractivity contribution in [2.45, 2.75) is 24.3 Å². The highest BCUT2D eigenvalue weighted by atomic mass is 35.5. The SMILES string of the molecule is COC1C=CC(C(=O)Nc2cccnc2)=C(c2c(Cl)ccc3c2C[C@@](CN)(c2ccccc2)O3)C1F. The largest absolute Gasteiger partial charge is 0.481 e. The minimum absolute atomic E-state index is 0.150. The molecule has 1 aliphatic carbocycles. The molecule has 36 heavy (non-hydrogen) atoms. The van der Waals surface area contributed by atoms with Crippen LogP contribution in [0.4, 0.5) is 10.1 Å². The number of amides is 1. The molecule has 2 aliphatic rings. The molecule has 1 aromatic heterocycles. The topological polar surface area (TPSA) is 86.5 Å². The summed E-state index contributed by atoms with van der Waals surface area (Å²) >= 11 is 6.72. The van der Waals surface area contributed by atoms with E-state index in [1.807, 2.05) is 30.3 Å². The van der Waals surface area contributed by atoms with Crippen LogP contribution in [0.2, 0.25) is 5.02 Å². The smallest absolute Gasteiger partial charge is 0.256 e. The van der Waals surface area contributed by atoms with Crippen LogP contribution in [0.1, 0.15) is 16.7 Å². The van der Waals surface area contributed by atoms with Crippen molar-refractivity contribution in [1.82, 2.24) is 4.98 Å². The number of hydrogen-bond donors (Lipinski definition) is 2. The number of halogens is 2. The molecule has 1 aliphatic heterocycles. The molecule has 6 nitrogen and oxygen atoms in total. The summed E-state index contributed by atoms with van der Waals surface area (Å²) in [5.74, 6) is 0.0751. The van der Waals surface area contributed by atoms with Gasteiger partial charge in [-0.15, -0.1) is 0 Å². The van der Waals surface area contributed by atoms with Crippen LogP contribution in [-0.2, 0) is 21.6 Å². The second-order valence-corrected chi connectivity index (χ2v) is 9.13. The zero-order valence-corrected chi connectivity index (χ0v) is 20.3. The number of hydrogen-bond acceptors (Lipinski definition) is 5. The summed E-state index contributed by atoms with van der Waals surface area (Å²) in [6.45, 7) is 0.204. The molecule has 0 spiro atoms. The van der Waals surface area contributed by atoms with Gasteiger partial charge in [-0.25, -0.2) is 4.39 Å². The number of nitrogens with two attached hydrogens (primary N) is 1. The Bertz CT molecular complexity index is 1350. The van der Waals surface area contributed by atoms with E-state index in [9.17, 15) is 4.79 Å². The van der Waals surface area contributed by atoms with E-state index >= 15 is 4.39 Å². The molecular weight excluding hydrogens is 481 g/mol. The van der Waals surface area contributed by atoms with Gasteiger partial charge in [-0.05, 0) is 29.8 Å². The summed E-state index contributed by atoms with van der Waals surface area (Å²) in [6, 6.07) is 16.5. The third kappa shape index (κ3) is 4.19. The summed E-state index contributed by atoms with van der Waals surface area (Å²) in [5, 5.41) is 3.11. The molecule has 3 atom stereocenters. The van der Waals surface area contributed by atoms with E-state index in [1.54, 1.807) is 36.5 Å². The molecule has 3 N–H and O–H groups in total. The molecule has 1 amide bonds. The monoisotopic (exact) mass is 505 g/mol. The Hall–Kier alpha value is -3.52. The van der Waals surface area contributed by atoms with E-state index in [-0.39, 0.29) is 17.7 Å². The Morgan fingerprint density at radius 3 is 2.75 bits per heavy atom. The van der Waals surface area contributed by atoms with Crippen LogP contribution in [0.3, 0.4) is 0 Å². The van der Waals surface area contributed by atoms with Crippen LogP contribution in [0.15, 0.2) is 84.7 Å². The number of pyridine rings is 1. The lowest BCUT2D eigenvalue weighted by Gasteiger charge is -2.28. The maximum Gasteiger partial charge on any atom is 0.256 e. The number of carbonyl (C=O) groups excluding carboxylic acids is 1. The van der Waals surface area contributed by atoms with E-state index in [1.165, 1.54) is 19.4 Å². The molecule has 8 heteroatoms. The minimum atomic E-state index is -1.64. The Balaban J connectivity index is 1.65. The normalized spacial score (nSPS) is 22.8. The highest BCUT2D eigenvalue weighted by Crippen LogP contribution is 2.48. The van der Waals surface area contributed by atoms with Gasteiger partial charge in [-0.1, -0.05) is 54.1 Å². The van der Waals surface area contributed by atoms with Gasteiger partial charge in [-0.3, -0.25) is 9.78 Å². The van der Waals surface area contributed by atoms with Gasteiger partial charge in [-0.2, -0.15) is 0 Å². The summed E-state index contributed by atoms with van der Waals surface area (Å²) in [6.07, 6.45) is 4.09. The first kappa shape index (κ1) is 24.2. The first-order valence-corrected chi connectivity index (χ1v) is 11.9. The van der Waals surface area contributed by atoms with Crippen LogP contribution >= 0.6 is 11.6 Å². The van der Waals surface area contributed by atoms with Crippen molar-refractivity contribution >= 4 is 28.8 Å². The Kier molecular flexibility index (Phi) is 6.62. The molecule has 0 saturated carbocycles. The van der Waals surface area contributed by atoms with Crippen molar-refractivity contribution in [3.8, 4) is 5.75 Å². The van der Waals surface area contributed by atoms with Gasteiger partial charge < -0.3 is 20.5 Å². The van der Waals surface area contributed by atoms with Gasteiger partial charge in [0, 0.05) is 53.6 Å². The van der Waals surface area contributed by atoms with Gasteiger partial charge in [0.05, 0.1) is 11.9 Å². The number of aromatic nitrogens is 1. The zero-order chi connectivity index (χ0) is 25.3. The van der Waals surface area contributed by atoms with E-state index in [4.69, 9.17) is 26.8 Å². The fourth-order valence-corrected chi connectivity index (χ4v) is 5.10. The van der Waals surface area contributed by atoms with Crippen LogP contribution in [0.5, 0.6) is 5.75 Å². The number of rotatable bonds is 6. The van der Waals surface area contributed by atoms with Crippen LogP contribution in [0, 0.1) is 0 Å². The predicted molar refractivity (Wildman–Crippen MR) is 138 cm³/mol. The van der Waals surface area contributed by atoms with Crippen molar-refractivity contribution in [2.24, 2.45) is 5.73 Å². The van der Waals surface area contributed by atoms with Crippen molar-refractivity contribution in [3.05, 3.63) is 106 Å².